The predicted molar refractivity (Wildman–Crippen MR) is 88.8 cm³/mol. The Hall–Kier alpha value is -0.220. The maximum absolute atomic E-state index is 5.53. The number of rotatable bonds is 1. The summed E-state index contributed by atoms with van der Waals surface area (Å²) in [5.74, 6) is 2.04. The average molecular weight is 308 g/mol. The van der Waals surface area contributed by atoms with E-state index in [1.165, 1.54) is 30.2 Å². The molecule has 1 spiro atoms. The molecule has 2 saturated heterocycles. The first-order chi connectivity index (χ1) is 9.94. The molecule has 1 N–H and O–H groups in total. The fourth-order valence-corrected chi connectivity index (χ4v) is 6.56. The van der Waals surface area contributed by atoms with Crippen LogP contribution in [0, 0.1) is 16.7 Å². The second-order valence-electron chi connectivity index (χ2n) is 8.56. The van der Waals surface area contributed by atoms with Crippen molar-refractivity contribution >= 4 is 16.9 Å². The van der Waals surface area contributed by atoms with E-state index in [0.29, 0.717) is 16.9 Å². The minimum absolute atomic E-state index is 0.268. The Morgan fingerprint density at radius 3 is 2.62 bits per heavy atom. The Balaban J connectivity index is 1.55. The highest BCUT2D eigenvalue weighted by molar-refractivity contribution is 8.14. The van der Waals surface area contributed by atoms with Gasteiger partial charge >= 0.3 is 0 Å². The summed E-state index contributed by atoms with van der Waals surface area (Å²) in [6.07, 6.45) is 6.42. The highest BCUT2D eigenvalue weighted by atomic mass is 32.2. The molecule has 0 aromatic rings. The monoisotopic (exact) mass is 308 g/mol. The summed E-state index contributed by atoms with van der Waals surface area (Å²) in [5.41, 5.74) is 1.08. The summed E-state index contributed by atoms with van der Waals surface area (Å²) in [6, 6.07) is 0.494. The van der Waals surface area contributed by atoms with Gasteiger partial charge in [-0.05, 0) is 48.9 Å². The van der Waals surface area contributed by atoms with Gasteiger partial charge in [-0.15, -0.1) is 0 Å². The summed E-state index contributed by atoms with van der Waals surface area (Å²) in [5, 5.41) is 4.99. The zero-order valence-corrected chi connectivity index (χ0v) is 14.4. The van der Waals surface area contributed by atoms with Gasteiger partial charge < -0.3 is 10.1 Å². The van der Waals surface area contributed by atoms with Crippen molar-refractivity contribution in [3.63, 3.8) is 0 Å². The van der Waals surface area contributed by atoms with E-state index >= 15 is 0 Å². The lowest BCUT2D eigenvalue weighted by Gasteiger charge is -2.40. The van der Waals surface area contributed by atoms with Crippen LogP contribution in [0.3, 0.4) is 0 Å². The highest BCUT2D eigenvalue weighted by Gasteiger charge is 2.59. The number of ether oxygens (including phenoxy) is 1. The van der Waals surface area contributed by atoms with Crippen molar-refractivity contribution < 1.29 is 4.74 Å². The molecule has 3 unspecified atom stereocenters. The van der Waals surface area contributed by atoms with Crippen molar-refractivity contribution in [2.75, 3.05) is 19.0 Å². The number of hydrogen-bond donors (Lipinski definition) is 1. The van der Waals surface area contributed by atoms with E-state index in [1.54, 1.807) is 0 Å². The molecule has 3 atom stereocenters. The lowest BCUT2D eigenvalue weighted by atomic mass is 9.69. The summed E-state index contributed by atoms with van der Waals surface area (Å²) in [4.78, 5) is 5.26. The maximum Gasteiger partial charge on any atom is 0.157 e. The third-order valence-corrected chi connectivity index (χ3v) is 7.93. The minimum atomic E-state index is 0.268. The van der Waals surface area contributed by atoms with E-state index < -0.39 is 0 Å². The Kier molecular flexibility index (Phi) is 3.18. The zero-order valence-electron chi connectivity index (χ0n) is 13.6. The van der Waals surface area contributed by atoms with Gasteiger partial charge in [-0.25, -0.2) is 0 Å². The summed E-state index contributed by atoms with van der Waals surface area (Å²) in [7, 11) is 0. The van der Waals surface area contributed by atoms with Gasteiger partial charge in [0, 0.05) is 19.0 Å². The van der Waals surface area contributed by atoms with Gasteiger partial charge in [-0.2, -0.15) is 0 Å². The van der Waals surface area contributed by atoms with E-state index in [1.807, 2.05) is 11.8 Å². The van der Waals surface area contributed by atoms with Gasteiger partial charge in [-0.3, -0.25) is 4.99 Å². The van der Waals surface area contributed by atoms with Crippen molar-refractivity contribution in [2.24, 2.45) is 21.7 Å². The topological polar surface area (TPSA) is 33.6 Å². The molecule has 0 radical (unpaired) electrons. The van der Waals surface area contributed by atoms with Crippen molar-refractivity contribution in [2.45, 2.75) is 64.5 Å². The second kappa shape index (κ2) is 4.64. The van der Waals surface area contributed by atoms with Crippen LogP contribution in [0.2, 0.25) is 0 Å². The molecule has 3 nitrogen and oxygen atoms in total. The number of nitrogens with one attached hydrogen (secondary N) is 1. The molecule has 4 rings (SSSR count). The number of fused-ring (bicyclic) bond motifs is 2. The van der Waals surface area contributed by atoms with Crippen molar-refractivity contribution in [1.82, 2.24) is 5.32 Å². The van der Waals surface area contributed by atoms with Crippen LogP contribution in [0.15, 0.2) is 4.99 Å². The molecule has 0 aromatic carbocycles. The molecule has 4 fully saturated rings. The first-order valence-electron chi connectivity index (χ1n) is 8.50. The SMILES string of the molecule is CC12CCC(C1)C(C)(C)C2N=C1NC2(CCOCC2)CS1. The minimum Gasteiger partial charge on any atom is -0.381 e. The average Bonchev–Trinajstić information content (AvgIpc) is 3.06. The number of aliphatic imine (C=N–C) groups is 1. The van der Waals surface area contributed by atoms with Gasteiger partial charge in [0.05, 0.1) is 11.6 Å². The number of amidine groups is 1. The molecular formula is C17H28N2OS. The van der Waals surface area contributed by atoms with Crippen LogP contribution >= 0.6 is 11.8 Å². The van der Waals surface area contributed by atoms with Gasteiger partial charge in [-0.1, -0.05) is 32.5 Å². The lowest BCUT2D eigenvalue weighted by Crippen LogP contribution is -2.48. The van der Waals surface area contributed by atoms with E-state index in [4.69, 9.17) is 9.73 Å². The second-order valence-corrected chi connectivity index (χ2v) is 9.52. The van der Waals surface area contributed by atoms with Crippen molar-refractivity contribution in [3.05, 3.63) is 0 Å². The van der Waals surface area contributed by atoms with Crippen LogP contribution in [0.1, 0.15) is 52.9 Å². The van der Waals surface area contributed by atoms with E-state index in [9.17, 15) is 0 Å². The quantitative estimate of drug-likeness (QED) is 0.805. The first kappa shape index (κ1) is 14.4. The van der Waals surface area contributed by atoms with Crippen LogP contribution in [0.4, 0.5) is 0 Å². The first-order valence-corrected chi connectivity index (χ1v) is 9.49. The smallest absolute Gasteiger partial charge is 0.157 e. The number of nitrogens with zero attached hydrogens (tertiary/aromatic N) is 1. The van der Waals surface area contributed by atoms with Crippen LogP contribution < -0.4 is 5.32 Å². The van der Waals surface area contributed by atoms with Gasteiger partial charge in [0.25, 0.3) is 0 Å². The molecule has 0 aromatic heterocycles. The molecule has 2 saturated carbocycles. The molecule has 0 amide bonds. The standard InChI is InChI=1S/C17H28N2OS/c1-15(2)12-4-5-16(3,10-12)13(15)18-14-19-17(11-21-14)6-8-20-9-7-17/h12-13H,4-11H2,1-3H3,(H,18,19). The fourth-order valence-electron chi connectivity index (χ4n) is 5.32. The van der Waals surface area contributed by atoms with Crippen LogP contribution in [0.5, 0.6) is 0 Å². The van der Waals surface area contributed by atoms with Crippen LogP contribution in [-0.4, -0.2) is 35.7 Å². The molecule has 2 heterocycles. The van der Waals surface area contributed by atoms with E-state index in [0.717, 1.165) is 32.0 Å². The molecule has 2 bridgehead atoms. The van der Waals surface area contributed by atoms with E-state index in [-0.39, 0.29) is 5.54 Å². The van der Waals surface area contributed by atoms with Gasteiger partial charge in [0.15, 0.2) is 5.17 Å². The lowest BCUT2D eigenvalue weighted by molar-refractivity contribution is 0.0553. The summed E-state index contributed by atoms with van der Waals surface area (Å²) < 4.78 is 5.53. The fraction of sp³-hybridized carbons (Fsp3) is 0.941. The van der Waals surface area contributed by atoms with E-state index in [2.05, 4.69) is 26.1 Å². The molecular weight excluding hydrogens is 280 g/mol. The van der Waals surface area contributed by atoms with Gasteiger partial charge in [0.2, 0.25) is 0 Å². The maximum atomic E-state index is 5.53. The summed E-state index contributed by atoms with van der Waals surface area (Å²) >= 11 is 1.94. The Morgan fingerprint density at radius 2 is 1.95 bits per heavy atom. The molecule has 2 aliphatic heterocycles. The predicted octanol–water partition coefficient (Wildman–Crippen LogP) is 3.44. The van der Waals surface area contributed by atoms with Crippen molar-refractivity contribution in [3.8, 4) is 0 Å². The van der Waals surface area contributed by atoms with Crippen LogP contribution in [-0.2, 0) is 4.74 Å². The molecule has 4 heteroatoms. The molecule has 4 aliphatic rings. The van der Waals surface area contributed by atoms with Gasteiger partial charge in [0.1, 0.15) is 0 Å². The Bertz CT molecular complexity index is 465. The number of thioether (sulfide) groups is 1. The van der Waals surface area contributed by atoms with Crippen LogP contribution in [0.25, 0.3) is 0 Å². The largest absolute Gasteiger partial charge is 0.381 e. The summed E-state index contributed by atoms with van der Waals surface area (Å²) in [6.45, 7) is 9.16. The third-order valence-electron chi connectivity index (χ3n) is 6.75. The normalized spacial score (nSPS) is 45.4. The Labute approximate surface area is 132 Å². The number of hydrogen-bond acceptors (Lipinski definition) is 3. The zero-order chi connectivity index (χ0) is 14.7. The molecule has 2 aliphatic carbocycles. The Morgan fingerprint density at radius 1 is 1.19 bits per heavy atom. The van der Waals surface area contributed by atoms with Crippen molar-refractivity contribution in [1.29, 1.82) is 0 Å². The molecule has 21 heavy (non-hydrogen) atoms. The highest BCUT2D eigenvalue weighted by Crippen LogP contribution is 2.63. The molecule has 118 valence electrons. The third kappa shape index (κ3) is 2.16.